The number of benzene rings is 3. The number of hydrogen-bond donors (Lipinski definition) is 7. The second-order valence-electron chi connectivity index (χ2n) is 32.3. The van der Waals surface area contributed by atoms with Crippen LogP contribution >= 0.6 is 0 Å². The molecule has 3 unspecified atom stereocenters. The van der Waals surface area contributed by atoms with Crippen LogP contribution in [-0.4, -0.2) is 374 Å². The topological polar surface area (TPSA) is 508 Å². The van der Waals surface area contributed by atoms with Gasteiger partial charge >= 0.3 is 22.5 Å². The van der Waals surface area contributed by atoms with Gasteiger partial charge in [0, 0.05) is 72.6 Å². The maximum Gasteiger partial charge on any atom is 0.501 e. The lowest BCUT2D eigenvalue weighted by atomic mass is 9.89. The number of carboxylic acids is 1. The number of rotatable bonds is 63. The summed E-state index contributed by atoms with van der Waals surface area (Å²) >= 11 is 0. The third-order valence-electron chi connectivity index (χ3n) is 22.1. The number of nitrogens with one attached hydrogen (secondary N) is 2. The fourth-order valence-electron chi connectivity index (χ4n) is 14.7. The first-order chi connectivity index (χ1) is 62.7. The van der Waals surface area contributed by atoms with Gasteiger partial charge in [0.05, 0.1) is 181 Å². The van der Waals surface area contributed by atoms with Gasteiger partial charge in [-0.1, -0.05) is 103 Å². The molecule has 3 aliphatic rings. The summed E-state index contributed by atoms with van der Waals surface area (Å²) in [5.41, 5.74) is 1.57. The number of hydrogen-bond acceptors (Lipinski definition) is 33. The Labute approximate surface area is 764 Å². The first-order valence-electron chi connectivity index (χ1n) is 43.8. The van der Waals surface area contributed by atoms with Crippen molar-refractivity contribution in [2.24, 2.45) is 23.7 Å². The number of carbonyl (C=O) groups excluding carboxylic acids is 8. The zero-order valence-corrected chi connectivity index (χ0v) is 77.5. The number of carbonyl (C=O) groups is 9. The van der Waals surface area contributed by atoms with Crippen LogP contribution in [0.15, 0.2) is 91.1 Å². The van der Waals surface area contributed by atoms with Crippen LogP contribution in [-0.2, 0) is 132 Å². The van der Waals surface area contributed by atoms with Crippen LogP contribution in [0.4, 0.5) is 4.79 Å². The first kappa shape index (κ1) is 109. The van der Waals surface area contributed by atoms with Gasteiger partial charge in [-0.05, 0) is 72.1 Å². The van der Waals surface area contributed by atoms with Crippen LogP contribution in [0, 0.1) is 23.7 Å². The fourth-order valence-corrected chi connectivity index (χ4v) is 15.4. The smallest absolute Gasteiger partial charge is 0.480 e. The Bertz CT molecular complexity index is 4310. The molecule has 0 saturated carbocycles. The minimum absolute atomic E-state index is 0.0538. The van der Waals surface area contributed by atoms with E-state index in [0.29, 0.717) is 116 Å². The van der Waals surface area contributed by atoms with Crippen molar-refractivity contribution in [2.45, 2.75) is 173 Å². The van der Waals surface area contributed by atoms with Gasteiger partial charge in [0.1, 0.15) is 60.6 Å². The number of imide groups is 1. The van der Waals surface area contributed by atoms with E-state index >= 15 is 0 Å². The highest BCUT2D eigenvalue weighted by atomic mass is 32.3. The molecule has 14 atom stereocenters. The molecule has 8 amide bonds. The van der Waals surface area contributed by atoms with Crippen molar-refractivity contribution in [1.82, 2.24) is 50.1 Å². The van der Waals surface area contributed by atoms with Crippen molar-refractivity contribution in [3.63, 3.8) is 0 Å². The predicted molar refractivity (Wildman–Crippen MR) is 466 cm³/mol. The van der Waals surface area contributed by atoms with E-state index in [-0.39, 0.29) is 114 Å². The zero-order valence-electron chi connectivity index (χ0n) is 76.6. The summed E-state index contributed by atoms with van der Waals surface area (Å²) in [4.78, 5) is 128. The van der Waals surface area contributed by atoms with Crippen molar-refractivity contribution < 1.29 is 152 Å². The number of nitrogens with zero attached hydrogens (tertiary/aromatic N) is 8. The number of aromatic nitrogens is 3. The number of methoxy groups -OCH3 is 2. The van der Waals surface area contributed by atoms with Gasteiger partial charge in [0.2, 0.25) is 29.9 Å². The number of carboxylic acid groups (broad SMARTS) is 1. The molecule has 0 radical (unpaired) electrons. The molecule has 0 spiro atoms. The Morgan fingerprint density at radius 3 is 1.77 bits per heavy atom. The molecule has 732 valence electrons. The van der Waals surface area contributed by atoms with Crippen molar-refractivity contribution in [1.29, 1.82) is 0 Å². The van der Waals surface area contributed by atoms with Gasteiger partial charge in [0.15, 0.2) is 11.5 Å². The summed E-state index contributed by atoms with van der Waals surface area (Å²) in [6.07, 6.45) is -5.67. The minimum atomic E-state index is -5.16. The van der Waals surface area contributed by atoms with Crippen LogP contribution < -0.4 is 23.7 Å². The highest BCUT2D eigenvalue weighted by Crippen LogP contribution is 2.36. The van der Waals surface area contributed by atoms with Crippen molar-refractivity contribution in [3.8, 4) is 17.2 Å². The van der Waals surface area contributed by atoms with Gasteiger partial charge in [-0.15, -0.1) is 13.5 Å². The van der Waals surface area contributed by atoms with E-state index in [2.05, 4.69) is 20.9 Å². The van der Waals surface area contributed by atoms with E-state index in [1.165, 1.54) is 80.6 Å². The average molecular weight is 1870 g/mol. The summed E-state index contributed by atoms with van der Waals surface area (Å²) in [5.74, 6) is -8.10. The van der Waals surface area contributed by atoms with E-state index in [9.17, 15) is 77.1 Å². The molecule has 43 heteroatoms. The molecule has 7 N–H and O–H groups in total. The van der Waals surface area contributed by atoms with Crippen LogP contribution in [0.2, 0.25) is 0 Å². The fraction of sp³-hybridized carbons (Fsp3) is 0.648. The molecule has 3 aromatic carbocycles. The molecule has 2 fully saturated rings. The van der Waals surface area contributed by atoms with E-state index in [4.69, 9.17) is 74.7 Å². The molecule has 1 aromatic heterocycles. The quantitative estimate of drug-likeness (QED) is 0.0245. The molecule has 4 heterocycles. The Hall–Kier alpha value is -9.52. The van der Waals surface area contributed by atoms with Crippen LogP contribution in [0.1, 0.15) is 101 Å². The number of aliphatic hydroxyl groups is 4. The third kappa shape index (κ3) is 34.8. The van der Waals surface area contributed by atoms with E-state index < -0.39 is 155 Å². The second-order valence-corrected chi connectivity index (χ2v) is 33.4. The van der Waals surface area contributed by atoms with Crippen molar-refractivity contribution in [2.75, 3.05) is 174 Å². The SMILES string of the molecule is CCC(C)[C@@H]([C@@H](CC(=O)N1CCC[C@H]1[C@H](OC)[C@@H](C)C(=O)NC(Cc1ccccc1)C(=O)O)OC)N(C)C(=O)[C@@H](NC(=O)[C@H](C(C)C)N(C)C(=O)OCc1ccc(OS(=O)(=O)Oc2cc(C(=O)N(C)CCOCCOCCOCCn3cc(COCCOCCOCCOCCOCCOCCN4C(=O)C=CC4=O)nn3)ccc2OC2O[C@H](CO)[C@H](O)[C@H](O)[C@H]2O)cc1)C(C)C. The molecular formula is C88H132N10O32S. The van der Waals surface area contributed by atoms with Gasteiger partial charge < -0.3 is 126 Å². The lowest BCUT2D eigenvalue weighted by Gasteiger charge is -2.41. The van der Waals surface area contributed by atoms with Crippen LogP contribution in [0.3, 0.4) is 0 Å². The summed E-state index contributed by atoms with van der Waals surface area (Å²) in [6.45, 7) is 17.7. The second kappa shape index (κ2) is 56.5. The number of likely N-dealkylation sites (tertiary alicyclic amines) is 1. The molecule has 2 saturated heterocycles. The van der Waals surface area contributed by atoms with Crippen molar-refractivity contribution in [3.05, 3.63) is 114 Å². The number of likely N-dealkylation sites (N-methyl/N-ethyl adjacent to an activating group) is 3. The number of aliphatic carboxylic acids is 1. The molecule has 131 heavy (non-hydrogen) atoms. The maximum atomic E-state index is 14.9. The molecular weight excluding hydrogens is 1740 g/mol. The molecule has 42 nitrogen and oxygen atoms in total. The predicted octanol–water partition coefficient (Wildman–Crippen LogP) is 1.97. The van der Waals surface area contributed by atoms with E-state index in [1.54, 1.807) is 87.8 Å². The van der Waals surface area contributed by atoms with Crippen LogP contribution in [0.25, 0.3) is 0 Å². The first-order valence-corrected chi connectivity index (χ1v) is 45.2. The molecule has 3 aliphatic heterocycles. The van der Waals surface area contributed by atoms with E-state index in [1.807, 2.05) is 13.8 Å². The van der Waals surface area contributed by atoms with Crippen molar-refractivity contribution >= 4 is 63.8 Å². The lowest BCUT2D eigenvalue weighted by Crippen LogP contribution is -2.60. The monoisotopic (exact) mass is 1870 g/mol. The van der Waals surface area contributed by atoms with Gasteiger partial charge in [0.25, 0.3) is 17.7 Å². The van der Waals surface area contributed by atoms with Gasteiger partial charge in [-0.2, -0.15) is 0 Å². The molecule has 0 aliphatic carbocycles. The average Bonchev–Trinajstić information content (AvgIpc) is 1.30. The Kier molecular flexibility index (Phi) is 46.8. The Balaban J connectivity index is 0.818. The molecule has 7 rings (SSSR count). The maximum absolute atomic E-state index is 14.9. The zero-order chi connectivity index (χ0) is 95.7. The van der Waals surface area contributed by atoms with E-state index in [0.717, 1.165) is 27.5 Å². The summed E-state index contributed by atoms with van der Waals surface area (Å²) < 4.78 is 119. The van der Waals surface area contributed by atoms with Gasteiger partial charge in [-0.3, -0.25) is 43.4 Å². The molecule has 4 aromatic rings. The number of ether oxygens (including phenoxy) is 14. The summed E-state index contributed by atoms with van der Waals surface area (Å²) in [6, 6.07) is 12.7. The lowest BCUT2D eigenvalue weighted by molar-refractivity contribution is -0.277. The highest BCUT2D eigenvalue weighted by Gasteiger charge is 2.47. The highest BCUT2D eigenvalue weighted by molar-refractivity contribution is 7.82. The normalized spacial score (nSPS) is 18.8. The minimum Gasteiger partial charge on any atom is -0.480 e. The largest absolute Gasteiger partial charge is 0.501 e. The summed E-state index contributed by atoms with van der Waals surface area (Å²) in [7, 11) is 2.15. The number of amides is 8. The standard InChI is InChI=1S/C88H132N10O32S/c1-13-59(6)77(70(115-11)52-74(102)97-29-17-20-67(97)81(116-12)60(7)82(106)89-66(86(110)111)50-61-18-15-14-16-19-61)94(9)85(109)75(57(2)3)90-83(107)76(58(4)5)95(10)88(112)126-55-62-21-24-65(25-22-62)129-131(113,114)130-69-51-63(23-26-68(69)127-87-80(105)79(104)78(103)71(54-99)128-87)84(108)93(8)30-33-117-36-39-120-40-37-118-34-31-96-53-64(91-92-96)56-125-49-48-124-47-46-123-45-44-122-43-42-121-41-38-119-35-32-98-72(100)27-28-73(98)101/h14-16,18-19,21-28,51,53,57-60,66-67,70-71,75-81,87,99,103-105H,13,17,20,29-50,52,54-56H2,1-12H3,(H,89,106)(H,90,107)(H,110,111)/t59?,60-,66?,67+,70-,71-,75+,76+,77+,78+,79+,80-,81-,87?/m1/s1. The third-order valence-corrected chi connectivity index (χ3v) is 22.9. The van der Waals surface area contributed by atoms with Crippen LogP contribution in [0.5, 0.6) is 17.2 Å². The molecule has 0 bridgehead atoms. The number of aliphatic hydroxyl groups excluding tert-OH is 4. The summed E-state index contributed by atoms with van der Waals surface area (Å²) in [5, 5.41) is 65.5. The Morgan fingerprint density at radius 1 is 0.634 bits per heavy atom. The van der Waals surface area contributed by atoms with Gasteiger partial charge in [-0.25, -0.2) is 14.3 Å². The Morgan fingerprint density at radius 2 is 1.21 bits per heavy atom.